The first-order chi connectivity index (χ1) is 19.6. The highest BCUT2D eigenvalue weighted by atomic mass is 32.2. The number of thiol groups is 1. The van der Waals surface area contributed by atoms with E-state index in [1.807, 2.05) is 51.9 Å². The molecular formula is C33H47N3O5S. The average Bonchev–Trinajstić information content (AvgIpc) is 2.88. The number of carbonyl (C=O) groups excluding carboxylic acids is 2. The summed E-state index contributed by atoms with van der Waals surface area (Å²) in [5.41, 5.74) is 5.70. The molecule has 0 fully saturated rings. The van der Waals surface area contributed by atoms with Crippen LogP contribution in [-0.4, -0.2) is 63.0 Å². The molecule has 0 aromatic heterocycles. The molecule has 42 heavy (non-hydrogen) atoms. The number of carbonyl (C=O) groups is 2. The Hall–Kier alpha value is -3.17. The van der Waals surface area contributed by atoms with E-state index < -0.39 is 22.4 Å². The number of hydrogen-bond acceptors (Lipinski definition) is 6. The summed E-state index contributed by atoms with van der Waals surface area (Å²) in [5, 5.41) is 0. The zero-order chi connectivity index (χ0) is 31.4. The zero-order valence-electron chi connectivity index (χ0n) is 26.6. The number of benzene rings is 2. The van der Waals surface area contributed by atoms with Gasteiger partial charge in [0.2, 0.25) is 16.8 Å². The molecule has 0 radical (unpaired) electrons. The molecule has 0 aliphatic carbocycles. The number of rotatable bonds is 9. The topological polar surface area (TPSA) is 87.2 Å². The van der Waals surface area contributed by atoms with Crippen LogP contribution in [0.25, 0.3) is 5.57 Å². The Morgan fingerprint density at radius 3 is 2.02 bits per heavy atom. The van der Waals surface area contributed by atoms with Gasteiger partial charge < -0.3 is 14.5 Å². The van der Waals surface area contributed by atoms with Gasteiger partial charge in [-0.2, -0.15) is 0 Å². The van der Waals surface area contributed by atoms with E-state index in [1.165, 1.54) is 0 Å². The molecule has 2 aromatic rings. The minimum Gasteiger partial charge on any atom is -0.444 e. The first-order valence-electron chi connectivity index (χ1n) is 14.6. The fourth-order valence-corrected chi connectivity index (χ4v) is 5.81. The van der Waals surface area contributed by atoms with E-state index in [4.69, 9.17) is 4.74 Å². The highest BCUT2D eigenvalue weighted by molar-refractivity contribution is 7.75. The van der Waals surface area contributed by atoms with Crippen LogP contribution in [0.3, 0.4) is 0 Å². The van der Waals surface area contributed by atoms with Crippen LogP contribution in [0.5, 0.6) is 0 Å². The smallest absolute Gasteiger partial charge is 0.410 e. The lowest BCUT2D eigenvalue weighted by molar-refractivity contribution is -0.116. The Morgan fingerprint density at radius 2 is 1.55 bits per heavy atom. The lowest BCUT2D eigenvalue weighted by Crippen LogP contribution is -2.39. The van der Waals surface area contributed by atoms with Gasteiger partial charge in [-0.25, -0.2) is 17.5 Å². The maximum absolute atomic E-state index is 13.6. The third-order valence-electron chi connectivity index (χ3n) is 7.14. The molecule has 0 saturated heterocycles. The molecule has 1 aliphatic heterocycles. The first kappa shape index (κ1) is 33.3. The monoisotopic (exact) mass is 597 g/mol. The molecule has 2 amide bonds. The van der Waals surface area contributed by atoms with Crippen molar-refractivity contribution in [1.29, 1.82) is 0 Å². The van der Waals surface area contributed by atoms with Crippen LogP contribution in [0.4, 0.5) is 10.5 Å². The Balaban J connectivity index is 1.97. The van der Waals surface area contributed by atoms with Crippen LogP contribution >= 0.6 is 0 Å². The highest BCUT2D eigenvalue weighted by Gasteiger charge is 2.27. The Bertz CT molecular complexity index is 1350. The molecule has 3 rings (SSSR count). The molecule has 9 heteroatoms. The van der Waals surface area contributed by atoms with E-state index >= 15 is 0 Å². The van der Waals surface area contributed by atoms with Crippen LogP contribution in [0.2, 0.25) is 0 Å². The van der Waals surface area contributed by atoms with Gasteiger partial charge in [-0.3, -0.25) is 4.79 Å². The molecule has 1 heterocycles. The molecular weight excluding hydrogens is 550 g/mol. The molecule has 0 spiro atoms. The summed E-state index contributed by atoms with van der Waals surface area (Å²) < 4.78 is 31.2. The third kappa shape index (κ3) is 8.67. The second kappa shape index (κ2) is 13.9. The minimum atomic E-state index is -3.18. The van der Waals surface area contributed by atoms with E-state index in [2.05, 4.69) is 45.9 Å². The molecule has 0 atom stereocenters. The van der Waals surface area contributed by atoms with E-state index in [-0.39, 0.29) is 24.3 Å². The maximum Gasteiger partial charge on any atom is 0.410 e. The van der Waals surface area contributed by atoms with Gasteiger partial charge >= 0.3 is 6.09 Å². The van der Waals surface area contributed by atoms with Gasteiger partial charge in [0, 0.05) is 19.6 Å². The summed E-state index contributed by atoms with van der Waals surface area (Å²) in [5.74, 6) is -0.302. The lowest BCUT2D eigenvalue weighted by Gasteiger charge is -2.31. The Labute approximate surface area is 253 Å². The van der Waals surface area contributed by atoms with E-state index in [0.29, 0.717) is 25.3 Å². The fraction of sp³-hybridized carbons (Fsp3) is 0.515. The molecule has 0 N–H and O–H groups in total. The van der Waals surface area contributed by atoms with Crippen LogP contribution in [0, 0.1) is 0 Å². The normalized spacial score (nSPS) is 14.1. The van der Waals surface area contributed by atoms with Gasteiger partial charge in [-0.05, 0) is 98.6 Å². The fourth-order valence-electron chi connectivity index (χ4n) is 5.24. The van der Waals surface area contributed by atoms with Crippen molar-refractivity contribution in [1.82, 2.24) is 9.80 Å². The van der Waals surface area contributed by atoms with Gasteiger partial charge in [0.25, 0.3) is 0 Å². The predicted molar refractivity (Wildman–Crippen MR) is 170 cm³/mol. The molecule has 0 saturated carbocycles. The summed E-state index contributed by atoms with van der Waals surface area (Å²) in [7, 11) is 0.749. The van der Waals surface area contributed by atoms with Crippen LogP contribution in [0.15, 0.2) is 42.5 Å². The minimum absolute atomic E-state index is 0.0346. The quantitative estimate of drug-likeness (QED) is 0.351. The second-order valence-electron chi connectivity index (χ2n) is 12.9. The van der Waals surface area contributed by atoms with Crippen molar-refractivity contribution in [3.63, 3.8) is 0 Å². The van der Waals surface area contributed by atoms with Crippen molar-refractivity contribution >= 4 is 34.2 Å². The summed E-state index contributed by atoms with van der Waals surface area (Å²) in [6.45, 7) is 15.6. The number of nitrogens with zero attached hydrogens (tertiary/aromatic N) is 3. The number of amides is 2. The standard InChI is InChI=1S/C33H47N3O5S/c1-22(2)28-17-26(25-11-10-16-35(21-25)32(38)41-33(5,6)7)18-29(23(3)4)30(28)19-31(37)36(42(39)40)27-14-12-24(13-15-27)20-34(8)9/h11-15,17-18,22-23,42H,10,16,19-21H2,1-9H3. The van der Waals surface area contributed by atoms with E-state index in [1.54, 1.807) is 17.0 Å². The van der Waals surface area contributed by atoms with Crippen molar-refractivity contribution in [2.24, 2.45) is 0 Å². The largest absolute Gasteiger partial charge is 0.444 e. The molecule has 2 aromatic carbocycles. The van der Waals surface area contributed by atoms with Crippen molar-refractivity contribution in [2.45, 2.75) is 85.3 Å². The molecule has 0 bridgehead atoms. The molecule has 0 unspecified atom stereocenters. The number of anilines is 1. The lowest BCUT2D eigenvalue weighted by atomic mass is 9.83. The summed E-state index contributed by atoms with van der Waals surface area (Å²) in [4.78, 5) is 30.2. The van der Waals surface area contributed by atoms with Crippen LogP contribution < -0.4 is 4.31 Å². The Morgan fingerprint density at radius 1 is 0.976 bits per heavy atom. The van der Waals surface area contributed by atoms with E-state index in [9.17, 15) is 18.0 Å². The SMILES string of the molecule is CC(C)c1cc(C2=CCCN(C(=O)OC(C)(C)C)C2)cc(C(C)C)c1CC(=O)N(c1ccc(CN(C)C)cc1)[SH](=O)=O. The van der Waals surface area contributed by atoms with Gasteiger partial charge in [0.1, 0.15) is 5.60 Å². The second-order valence-corrected chi connectivity index (χ2v) is 13.8. The molecule has 230 valence electrons. The van der Waals surface area contributed by atoms with E-state index in [0.717, 1.165) is 44.1 Å². The van der Waals surface area contributed by atoms with Crippen molar-refractivity contribution < 1.29 is 22.7 Å². The van der Waals surface area contributed by atoms with Gasteiger partial charge in [-0.1, -0.05) is 58.0 Å². The molecule has 1 aliphatic rings. The zero-order valence-corrected chi connectivity index (χ0v) is 27.5. The Kier molecular flexibility index (Phi) is 11.0. The van der Waals surface area contributed by atoms with Crippen molar-refractivity contribution in [3.8, 4) is 0 Å². The van der Waals surface area contributed by atoms with Gasteiger partial charge in [-0.15, -0.1) is 0 Å². The number of ether oxygens (including phenoxy) is 1. The summed E-state index contributed by atoms with van der Waals surface area (Å²) in [6, 6.07) is 11.3. The predicted octanol–water partition coefficient (Wildman–Crippen LogP) is 6.12. The summed E-state index contributed by atoms with van der Waals surface area (Å²) in [6.07, 6.45) is 2.53. The number of hydrogen-bond donors (Lipinski definition) is 1. The third-order valence-corrected chi connectivity index (χ3v) is 7.92. The van der Waals surface area contributed by atoms with Crippen molar-refractivity contribution in [3.05, 3.63) is 70.3 Å². The maximum atomic E-state index is 13.6. The van der Waals surface area contributed by atoms with Gasteiger partial charge in [0.15, 0.2) is 0 Å². The summed E-state index contributed by atoms with van der Waals surface area (Å²) >= 11 is 0. The molecule has 8 nitrogen and oxygen atoms in total. The van der Waals surface area contributed by atoms with Gasteiger partial charge in [0.05, 0.1) is 12.1 Å². The first-order valence-corrected chi connectivity index (χ1v) is 15.7. The highest BCUT2D eigenvalue weighted by Crippen LogP contribution is 2.34. The van der Waals surface area contributed by atoms with Crippen LogP contribution in [-0.2, 0) is 33.4 Å². The van der Waals surface area contributed by atoms with Crippen LogP contribution in [0.1, 0.15) is 94.5 Å². The van der Waals surface area contributed by atoms with Crippen molar-refractivity contribution in [2.75, 3.05) is 31.5 Å². The average molecular weight is 598 g/mol.